The van der Waals surface area contributed by atoms with E-state index in [0.29, 0.717) is 5.13 Å². The number of nitrogens with zero attached hydrogens (tertiary/aromatic N) is 3. The van der Waals surface area contributed by atoms with Crippen molar-refractivity contribution < 1.29 is 9.53 Å². The highest BCUT2D eigenvalue weighted by atomic mass is 32.2. The van der Waals surface area contributed by atoms with E-state index in [4.69, 9.17) is 10.00 Å². The van der Waals surface area contributed by atoms with E-state index in [-0.39, 0.29) is 12.3 Å². The van der Waals surface area contributed by atoms with Crippen molar-refractivity contribution in [3.05, 3.63) is 29.8 Å². The third-order valence-electron chi connectivity index (χ3n) is 2.41. The Kier molecular flexibility index (Phi) is 5.54. The quantitative estimate of drug-likeness (QED) is 0.650. The van der Waals surface area contributed by atoms with Crippen molar-refractivity contribution in [3.63, 3.8) is 0 Å². The minimum atomic E-state index is -0.375. The fourth-order valence-electron chi connectivity index (χ4n) is 1.42. The van der Waals surface area contributed by atoms with Crippen molar-refractivity contribution >= 4 is 34.1 Å². The Hall–Kier alpha value is -2.11. The van der Waals surface area contributed by atoms with E-state index in [9.17, 15) is 4.79 Å². The van der Waals surface area contributed by atoms with Gasteiger partial charge in [0.25, 0.3) is 0 Å². The highest BCUT2D eigenvalue weighted by molar-refractivity contribution is 8.00. The molecular formula is C13H12N4O2S2. The highest BCUT2D eigenvalue weighted by Crippen LogP contribution is 2.28. The van der Waals surface area contributed by atoms with Gasteiger partial charge < -0.3 is 4.74 Å². The lowest BCUT2D eigenvalue weighted by atomic mass is 10.2. The Morgan fingerprint density at radius 2 is 2.19 bits per heavy atom. The van der Waals surface area contributed by atoms with E-state index in [1.807, 2.05) is 24.3 Å². The Morgan fingerprint density at radius 3 is 2.86 bits per heavy atom. The molecule has 1 aromatic carbocycles. The molecule has 1 amide bonds. The number of thioether (sulfide) groups is 1. The molecule has 2 rings (SSSR count). The molecule has 0 aliphatic carbocycles. The maximum atomic E-state index is 11.2. The third-order valence-corrected chi connectivity index (χ3v) is 4.46. The summed E-state index contributed by atoms with van der Waals surface area (Å²) in [7, 11) is 1.63. The van der Waals surface area contributed by atoms with Gasteiger partial charge in [0.2, 0.25) is 11.0 Å². The first-order valence-corrected chi connectivity index (χ1v) is 7.77. The first-order valence-electron chi connectivity index (χ1n) is 5.97. The maximum absolute atomic E-state index is 11.2. The number of hydrogen-bond acceptors (Lipinski definition) is 7. The van der Waals surface area contributed by atoms with Gasteiger partial charge in [0.15, 0.2) is 4.34 Å². The van der Waals surface area contributed by atoms with Crippen molar-refractivity contribution in [2.24, 2.45) is 0 Å². The number of carbonyl (C=O) groups is 1. The Morgan fingerprint density at radius 1 is 1.43 bits per heavy atom. The van der Waals surface area contributed by atoms with Crippen molar-refractivity contribution in [1.29, 1.82) is 5.26 Å². The maximum Gasteiger partial charge on any atom is 0.240 e. The second-order valence-corrected chi connectivity index (χ2v) is 6.09. The molecule has 0 aliphatic heterocycles. The summed E-state index contributed by atoms with van der Waals surface area (Å²) in [6, 6.07) is 9.57. The number of nitrogens with one attached hydrogen (secondary N) is 1. The van der Waals surface area contributed by atoms with E-state index >= 15 is 0 Å². The topological polar surface area (TPSA) is 87.9 Å². The van der Waals surface area contributed by atoms with Crippen LogP contribution >= 0.6 is 23.1 Å². The Bertz CT molecular complexity index is 649. The van der Waals surface area contributed by atoms with Crippen LogP contribution in [0.1, 0.15) is 12.0 Å². The van der Waals surface area contributed by atoms with Gasteiger partial charge in [0.1, 0.15) is 12.2 Å². The van der Waals surface area contributed by atoms with Crippen LogP contribution in [-0.4, -0.2) is 23.2 Å². The molecule has 0 radical (unpaired) electrons. The fourth-order valence-corrected chi connectivity index (χ4v) is 3.14. The zero-order valence-electron chi connectivity index (χ0n) is 11.2. The summed E-state index contributed by atoms with van der Waals surface area (Å²) in [5, 5.41) is 19.2. The van der Waals surface area contributed by atoms with Gasteiger partial charge in [-0.25, -0.2) is 0 Å². The summed E-state index contributed by atoms with van der Waals surface area (Å²) in [6.07, 6.45) is -0.187. The molecule has 1 N–H and O–H groups in total. The molecule has 1 aromatic heterocycles. The van der Waals surface area contributed by atoms with Gasteiger partial charge in [0.05, 0.1) is 13.2 Å². The number of anilines is 1. The molecular weight excluding hydrogens is 308 g/mol. The smallest absolute Gasteiger partial charge is 0.240 e. The zero-order valence-corrected chi connectivity index (χ0v) is 12.8. The molecule has 0 atom stereocenters. The van der Waals surface area contributed by atoms with E-state index < -0.39 is 0 Å². The molecule has 1 heterocycles. The molecule has 0 unspecified atom stereocenters. The highest BCUT2D eigenvalue weighted by Gasteiger charge is 2.08. The fraction of sp³-hybridized carbons (Fsp3) is 0.231. The van der Waals surface area contributed by atoms with E-state index in [0.717, 1.165) is 21.4 Å². The molecule has 0 saturated heterocycles. The van der Waals surface area contributed by atoms with Gasteiger partial charge in [-0.15, -0.1) is 10.2 Å². The van der Waals surface area contributed by atoms with Crippen LogP contribution in [0.4, 0.5) is 5.13 Å². The first kappa shape index (κ1) is 15.3. The molecule has 108 valence electrons. The first-order chi connectivity index (χ1) is 10.2. The van der Waals surface area contributed by atoms with E-state index in [1.54, 1.807) is 13.2 Å². The van der Waals surface area contributed by atoms with Gasteiger partial charge in [-0.05, 0) is 17.7 Å². The molecule has 6 nitrogen and oxygen atoms in total. The molecule has 0 bridgehead atoms. The summed E-state index contributed by atoms with van der Waals surface area (Å²) in [6.45, 7) is 0. The number of nitriles is 1. The molecule has 0 aliphatic rings. The van der Waals surface area contributed by atoms with Crippen molar-refractivity contribution in [2.75, 3.05) is 12.4 Å². The normalized spacial score (nSPS) is 9.90. The number of benzene rings is 1. The lowest BCUT2D eigenvalue weighted by molar-refractivity contribution is -0.115. The van der Waals surface area contributed by atoms with Gasteiger partial charge >= 0.3 is 0 Å². The third kappa shape index (κ3) is 4.73. The molecule has 0 spiro atoms. The average molecular weight is 320 g/mol. The summed E-state index contributed by atoms with van der Waals surface area (Å²) in [4.78, 5) is 11.2. The lowest BCUT2D eigenvalue weighted by Crippen LogP contribution is -2.09. The van der Waals surface area contributed by atoms with Crippen LogP contribution in [0.5, 0.6) is 5.75 Å². The number of ether oxygens (including phenoxy) is 1. The number of methoxy groups -OCH3 is 1. The monoisotopic (exact) mass is 320 g/mol. The second-order valence-electron chi connectivity index (χ2n) is 3.89. The van der Waals surface area contributed by atoms with Crippen LogP contribution in [0.3, 0.4) is 0 Å². The molecule has 0 saturated carbocycles. The molecule has 21 heavy (non-hydrogen) atoms. The van der Waals surface area contributed by atoms with Crippen LogP contribution in [0.25, 0.3) is 0 Å². The van der Waals surface area contributed by atoms with Gasteiger partial charge in [0, 0.05) is 5.75 Å². The SMILES string of the molecule is COc1ccc(CSc2nnc(NC(=O)CC#N)s2)cc1. The number of carbonyl (C=O) groups excluding carboxylic acids is 1. The Balaban J connectivity index is 1.87. The molecule has 8 heteroatoms. The number of rotatable bonds is 6. The van der Waals surface area contributed by atoms with Crippen molar-refractivity contribution in [2.45, 2.75) is 16.5 Å². The zero-order chi connectivity index (χ0) is 15.1. The Labute approximate surface area is 130 Å². The summed E-state index contributed by atoms with van der Waals surface area (Å²) < 4.78 is 5.86. The van der Waals surface area contributed by atoms with E-state index in [1.165, 1.54) is 23.1 Å². The number of aromatic nitrogens is 2. The van der Waals surface area contributed by atoms with Crippen molar-refractivity contribution in [1.82, 2.24) is 10.2 Å². The molecule has 2 aromatic rings. The standard InChI is InChI=1S/C13H12N4O2S2/c1-19-10-4-2-9(3-5-10)8-20-13-17-16-12(21-13)15-11(18)6-7-14/h2-5H,6,8H2,1H3,(H,15,16,18). The van der Waals surface area contributed by atoms with E-state index in [2.05, 4.69) is 15.5 Å². The van der Waals surface area contributed by atoms with Crippen LogP contribution < -0.4 is 10.1 Å². The minimum Gasteiger partial charge on any atom is -0.497 e. The largest absolute Gasteiger partial charge is 0.497 e. The van der Waals surface area contributed by atoms with Gasteiger partial charge in [-0.3, -0.25) is 10.1 Å². The molecule has 0 fully saturated rings. The predicted molar refractivity (Wildman–Crippen MR) is 81.3 cm³/mol. The van der Waals surface area contributed by atoms with Crippen LogP contribution in [0.2, 0.25) is 0 Å². The minimum absolute atomic E-state index is 0.187. The van der Waals surface area contributed by atoms with Crippen LogP contribution in [-0.2, 0) is 10.5 Å². The van der Waals surface area contributed by atoms with Crippen molar-refractivity contribution in [3.8, 4) is 11.8 Å². The number of amides is 1. The number of hydrogen-bond donors (Lipinski definition) is 1. The second kappa shape index (κ2) is 7.61. The summed E-state index contributed by atoms with van der Waals surface area (Å²) in [5.41, 5.74) is 1.14. The average Bonchev–Trinajstić information content (AvgIpc) is 2.93. The van der Waals surface area contributed by atoms with Crippen LogP contribution in [0.15, 0.2) is 28.6 Å². The summed E-state index contributed by atoms with van der Waals surface area (Å²) >= 11 is 2.82. The summed E-state index contributed by atoms with van der Waals surface area (Å²) in [5.74, 6) is 1.20. The van der Waals surface area contributed by atoms with Crippen LogP contribution in [0, 0.1) is 11.3 Å². The van der Waals surface area contributed by atoms with Gasteiger partial charge in [-0.1, -0.05) is 35.2 Å². The lowest BCUT2D eigenvalue weighted by Gasteiger charge is -2.01. The van der Waals surface area contributed by atoms with Gasteiger partial charge in [-0.2, -0.15) is 5.26 Å². The predicted octanol–water partition coefficient (Wildman–Crippen LogP) is 2.69.